The minimum Gasteiger partial charge on any atom is -0.508 e. The molecule has 0 saturated carbocycles. The number of benzene rings is 1. The lowest BCUT2D eigenvalue weighted by Gasteiger charge is -2.47. The molecule has 1 saturated heterocycles. The summed E-state index contributed by atoms with van der Waals surface area (Å²) in [6.07, 6.45) is 0. The number of phenolic OH excluding ortho intramolecular Hbond substituents is 1. The van der Waals surface area contributed by atoms with Crippen molar-refractivity contribution in [3.63, 3.8) is 0 Å². The predicted molar refractivity (Wildman–Crippen MR) is 80.3 cm³/mol. The van der Waals surface area contributed by atoms with Gasteiger partial charge in [0.25, 0.3) is 0 Å². The van der Waals surface area contributed by atoms with Crippen molar-refractivity contribution in [2.75, 3.05) is 13.1 Å². The number of hydrogen-bond acceptors (Lipinski definition) is 3. The highest BCUT2D eigenvalue weighted by Crippen LogP contribution is 2.31. The van der Waals surface area contributed by atoms with E-state index < -0.39 is 0 Å². The number of hydrogen-bond donors (Lipinski definition) is 1. The van der Waals surface area contributed by atoms with Gasteiger partial charge in [0.15, 0.2) is 0 Å². The van der Waals surface area contributed by atoms with Crippen molar-refractivity contribution in [1.82, 2.24) is 4.90 Å². The second-order valence-corrected chi connectivity index (χ2v) is 7.46. The zero-order chi connectivity index (χ0) is 14.3. The van der Waals surface area contributed by atoms with Gasteiger partial charge < -0.3 is 9.84 Å². The quantitative estimate of drug-likeness (QED) is 0.901. The number of nitrogens with zero attached hydrogens (tertiary/aromatic N) is 1. The number of phenols is 1. The van der Waals surface area contributed by atoms with Gasteiger partial charge in [-0.25, -0.2) is 0 Å². The van der Waals surface area contributed by atoms with E-state index in [1.54, 1.807) is 6.07 Å². The van der Waals surface area contributed by atoms with E-state index in [4.69, 9.17) is 4.74 Å². The summed E-state index contributed by atoms with van der Waals surface area (Å²) < 4.78 is 7.06. The third kappa shape index (κ3) is 3.94. The minimum atomic E-state index is -0.163. The van der Waals surface area contributed by atoms with Crippen molar-refractivity contribution < 1.29 is 9.84 Å². The Balaban J connectivity index is 2.16. The summed E-state index contributed by atoms with van der Waals surface area (Å²) in [6.45, 7) is 10.9. The van der Waals surface area contributed by atoms with Gasteiger partial charge >= 0.3 is 0 Å². The first-order chi connectivity index (χ1) is 8.67. The smallest absolute Gasteiger partial charge is 0.120 e. The van der Waals surface area contributed by atoms with Crippen LogP contribution in [0.1, 0.15) is 33.3 Å². The van der Waals surface area contributed by atoms with E-state index in [9.17, 15) is 5.11 Å². The Bertz CT molecular complexity index is 455. The van der Waals surface area contributed by atoms with Crippen LogP contribution in [0.5, 0.6) is 5.75 Å². The third-order valence-corrected chi connectivity index (χ3v) is 3.69. The molecular weight excluding hydrogens is 306 g/mol. The van der Waals surface area contributed by atoms with Crippen LogP contribution in [-0.2, 0) is 11.3 Å². The average molecular weight is 328 g/mol. The zero-order valence-corrected chi connectivity index (χ0v) is 13.6. The second-order valence-electron chi connectivity index (χ2n) is 6.54. The normalized spacial score (nSPS) is 22.4. The Kier molecular flexibility index (Phi) is 3.96. The number of rotatable bonds is 2. The molecule has 3 nitrogen and oxygen atoms in total. The molecule has 106 valence electrons. The van der Waals surface area contributed by atoms with Crippen LogP contribution in [0.2, 0.25) is 0 Å². The van der Waals surface area contributed by atoms with Crippen LogP contribution < -0.4 is 0 Å². The lowest BCUT2D eigenvalue weighted by Crippen LogP contribution is -2.56. The van der Waals surface area contributed by atoms with Crippen molar-refractivity contribution in [1.29, 1.82) is 0 Å². The molecule has 1 fully saturated rings. The molecule has 0 bridgehead atoms. The Morgan fingerprint density at radius 2 is 1.79 bits per heavy atom. The molecule has 0 atom stereocenters. The van der Waals surface area contributed by atoms with E-state index in [1.807, 2.05) is 12.1 Å². The largest absolute Gasteiger partial charge is 0.508 e. The van der Waals surface area contributed by atoms with Crippen LogP contribution in [0.15, 0.2) is 22.7 Å². The Morgan fingerprint density at radius 1 is 1.21 bits per heavy atom. The van der Waals surface area contributed by atoms with E-state index in [0.717, 1.165) is 29.7 Å². The molecule has 1 aromatic rings. The summed E-state index contributed by atoms with van der Waals surface area (Å²) in [7, 11) is 0. The first-order valence-corrected chi connectivity index (χ1v) is 7.36. The summed E-state index contributed by atoms with van der Waals surface area (Å²) in [4.78, 5) is 2.34. The number of halogens is 1. The summed E-state index contributed by atoms with van der Waals surface area (Å²) in [5.74, 6) is 0.352. The molecule has 0 aromatic heterocycles. The first kappa shape index (κ1) is 14.8. The molecule has 1 aromatic carbocycles. The van der Waals surface area contributed by atoms with Crippen molar-refractivity contribution in [2.24, 2.45) is 0 Å². The van der Waals surface area contributed by atoms with Gasteiger partial charge in [-0.2, -0.15) is 0 Å². The SMILES string of the molecule is CC1(C)CN(Cc2cc(Br)ccc2O)CC(C)(C)O1. The van der Waals surface area contributed by atoms with Crippen molar-refractivity contribution in [2.45, 2.75) is 45.4 Å². The summed E-state index contributed by atoms with van der Waals surface area (Å²) in [5, 5.41) is 9.95. The van der Waals surface area contributed by atoms with Crippen molar-refractivity contribution >= 4 is 15.9 Å². The summed E-state index contributed by atoms with van der Waals surface area (Å²) in [6, 6.07) is 5.56. The fourth-order valence-electron chi connectivity index (χ4n) is 2.98. The highest BCUT2D eigenvalue weighted by molar-refractivity contribution is 9.10. The van der Waals surface area contributed by atoms with Gasteiger partial charge in [-0.3, -0.25) is 4.90 Å². The van der Waals surface area contributed by atoms with E-state index in [0.29, 0.717) is 5.75 Å². The molecule has 0 unspecified atom stereocenters. The van der Waals surface area contributed by atoms with E-state index in [1.165, 1.54) is 0 Å². The summed E-state index contributed by atoms with van der Waals surface area (Å²) >= 11 is 3.45. The second kappa shape index (κ2) is 5.08. The molecule has 1 N–H and O–H groups in total. The maximum absolute atomic E-state index is 9.95. The lowest BCUT2D eigenvalue weighted by molar-refractivity contribution is -0.182. The average Bonchev–Trinajstić information content (AvgIpc) is 2.18. The van der Waals surface area contributed by atoms with Crippen LogP contribution in [0.4, 0.5) is 0 Å². The molecular formula is C15H22BrNO2. The molecule has 1 aliphatic heterocycles. The molecule has 0 aliphatic carbocycles. The first-order valence-electron chi connectivity index (χ1n) is 6.57. The number of ether oxygens (including phenoxy) is 1. The van der Waals surface area contributed by atoms with Crippen molar-refractivity contribution in [3.8, 4) is 5.75 Å². The fourth-order valence-corrected chi connectivity index (χ4v) is 3.39. The van der Waals surface area contributed by atoms with Crippen LogP contribution >= 0.6 is 15.9 Å². The molecule has 1 heterocycles. The highest BCUT2D eigenvalue weighted by Gasteiger charge is 2.38. The van der Waals surface area contributed by atoms with Gasteiger partial charge in [-0.15, -0.1) is 0 Å². The zero-order valence-electron chi connectivity index (χ0n) is 12.0. The van der Waals surface area contributed by atoms with Crippen molar-refractivity contribution in [3.05, 3.63) is 28.2 Å². The number of morpholine rings is 1. The maximum atomic E-state index is 9.95. The minimum absolute atomic E-state index is 0.163. The standard InChI is InChI=1S/C15H22BrNO2/c1-14(2)9-17(10-15(3,4)19-14)8-11-7-12(16)5-6-13(11)18/h5-7,18H,8-10H2,1-4H3. The highest BCUT2D eigenvalue weighted by atomic mass is 79.9. The monoisotopic (exact) mass is 327 g/mol. The Morgan fingerprint density at radius 3 is 2.37 bits per heavy atom. The Labute approximate surface area is 123 Å². The van der Waals surface area contributed by atoms with E-state index >= 15 is 0 Å². The molecule has 0 radical (unpaired) electrons. The van der Waals surface area contributed by atoms with E-state index in [2.05, 4.69) is 48.5 Å². The van der Waals surface area contributed by atoms with Gasteiger partial charge in [0.05, 0.1) is 11.2 Å². The van der Waals surface area contributed by atoms with Crippen LogP contribution in [0.3, 0.4) is 0 Å². The number of aromatic hydroxyl groups is 1. The van der Waals surface area contributed by atoms with Gasteiger partial charge in [0.2, 0.25) is 0 Å². The fraction of sp³-hybridized carbons (Fsp3) is 0.600. The maximum Gasteiger partial charge on any atom is 0.120 e. The van der Waals surface area contributed by atoms with E-state index in [-0.39, 0.29) is 11.2 Å². The van der Waals surface area contributed by atoms with Gasteiger partial charge in [0, 0.05) is 29.7 Å². The Hall–Kier alpha value is -0.580. The van der Waals surface area contributed by atoms with Gasteiger partial charge in [-0.1, -0.05) is 15.9 Å². The molecule has 1 aliphatic rings. The topological polar surface area (TPSA) is 32.7 Å². The van der Waals surface area contributed by atoms with Gasteiger partial charge in [-0.05, 0) is 45.9 Å². The molecule has 19 heavy (non-hydrogen) atoms. The lowest BCUT2D eigenvalue weighted by atomic mass is 9.98. The van der Waals surface area contributed by atoms with Gasteiger partial charge in [0.1, 0.15) is 5.75 Å². The summed E-state index contributed by atoms with van der Waals surface area (Å²) in [5.41, 5.74) is 0.620. The predicted octanol–water partition coefficient (Wildman–Crippen LogP) is 3.54. The molecule has 0 amide bonds. The van der Waals surface area contributed by atoms with Crippen LogP contribution in [-0.4, -0.2) is 34.3 Å². The molecule has 0 spiro atoms. The molecule has 4 heteroatoms. The van der Waals surface area contributed by atoms with Crippen LogP contribution in [0, 0.1) is 0 Å². The molecule has 2 rings (SSSR count). The van der Waals surface area contributed by atoms with Crippen LogP contribution in [0.25, 0.3) is 0 Å². The third-order valence-electron chi connectivity index (χ3n) is 3.20.